The molecule has 32 heavy (non-hydrogen) atoms. The molecule has 3 heterocycles. The zero-order valence-electron chi connectivity index (χ0n) is 18.8. The fraction of sp³-hybridized carbons (Fsp3) is 0.625. The van der Waals surface area contributed by atoms with Gasteiger partial charge < -0.3 is 19.7 Å². The van der Waals surface area contributed by atoms with Crippen LogP contribution in [0.2, 0.25) is 0 Å². The smallest absolute Gasteiger partial charge is 0.325 e. The summed E-state index contributed by atoms with van der Waals surface area (Å²) in [5.41, 5.74) is 2.67. The van der Waals surface area contributed by atoms with Crippen molar-refractivity contribution in [1.82, 2.24) is 15.1 Å². The molecule has 4 fully saturated rings. The second-order valence-electron chi connectivity index (χ2n) is 9.80. The highest BCUT2D eigenvalue weighted by molar-refractivity contribution is 6.07. The molecule has 3 aliphatic heterocycles. The average molecular weight is 442 g/mol. The molecule has 1 saturated carbocycles. The number of amides is 4. The summed E-state index contributed by atoms with van der Waals surface area (Å²) in [6, 6.07) is 5.90. The van der Waals surface area contributed by atoms with Gasteiger partial charge in [0, 0.05) is 44.8 Å². The van der Waals surface area contributed by atoms with Crippen molar-refractivity contribution in [3.8, 4) is 0 Å². The van der Waals surface area contributed by atoms with Gasteiger partial charge in [-0.05, 0) is 43.4 Å². The number of hydrogen-bond acceptors (Lipinski definition) is 5. The fourth-order valence-electron chi connectivity index (χ4n) is 5.53. The first-order valence-electron chi connectivity index (χ1n) is 11.6. The van der Waals surface area contributed by atoms with Crippen molar-refractivity contribution >= 4 is 17.8 Å². The quantitative estimate of drug-likeness (QED) is 0.724. The van der Waals surface area contributed by atoms with Crippen LogP contribution < -0.4 is 5.32 Å². The number of carbonyl (C=O) groups is 3. The highest BCUT2D eigenvalue weighted by Gasteiger charge is 2.56. The normalized spacial score (nSPS) is 26.6. The summed E-state index contributed by atoms with van der Waals surface area (Å²) < 4.78 is 11.5. The Morgan fingerprint density at radius 3 is 2.44 bits per heavy atom. The van der Waals surface area contributed by atoms with Crippen LogP contribution in [0.1, 0.15) is 48.8 Å². The predicted molar refractivity (Wildman–Crippen MR) is 116 cm³/mol. The molecule has 1 atom stereocenters. The van der Waals surface area contributed by atoms with Gasteiger partial charge in [0.25, 0.3) is 5.91 Å². The SMILES string of the molecule is Cc1ccc(CN2CC(CN3C(=O)NC4(CCC5(CC4)OCCO5)C3=O)CC2=O)cc1C. The number of carbonyl (C=O) groups excluding carboxylic acids is 3. The molecular weight excluding hydrogens is 410 g/mol. The molecular formula is C24H31N3O5. The second-order valence-corrected chi connectivity index (χ2v) is 9.80. The van der Waals surface area contributed by atoms with Gasteiger partial charge in [0.2, 0.25) is 5.91 Å². The van der Waals surface area contributed by atoms with Crippen LogP contribution in [0, 0.1) is 19.8 Å². The Kier molecular flexibility index (Phi) is 5.25. The topological polar surface area (TPSA) is 88.2 Å². The molecule has 1 N–H and O–H groups in total. The fourth-order valence-corrected chi connectivity index (χ4v) is 5.53. The number of nitrogens with one attached hydrogen (secondary N) is 1. The minimum Gasteiger partial charge on any atom is -0.348 e. The summed E-state index contributed by atoms with van der Waals surface area (Å²) in [6.45, 7) is 6.68. The van der Waals surface area contributed by atoms with E-state index in [9.17, 15) is 14.4 Å². The van der Waals surface area contributed by atoms with Gasteiger partial charge in [0.05, 0.1) is 13.2 Å². The standard InChI is InChI=1S/C24H31N3O5/c1-16-3-4-18(11-17(16)2)13-26-14-19(12-20(26)28)15-27-21(29)23(25-22(27)30)5-7-24(8-6-23)31-9-10-32-24/h3-4,11,19H,5-10,12-15H2,1-2H3,(H,25,30). The van der Waals surface area contributed by atoms with Crippen molar-refractivity contribution in [2.24, 2.45) is 5.92 Å². The molecule has 8 nitrogen and oxygen atoms in total. The summed E-state index contributed by atoms with van der Waals surface area (Å²) in [5.74, 6) is -0.730. The van der Waals surface area contributed by atoms with Crippen molar-refractivity contribution in [1.29, 1.82) is 0 Å². The minimum absolute atomic E-state index is 0.0460. The lowest BCUT2D eigenvalue weighted by atomic mass is 9.78. The van der Waals surface area contributed by atoms with Gasteiger partial charge in [-0.1, -0.05) is 18.2 Å². The first-order valence-corrected chi connectivity index (χ1v) is 11.6. The summed E-state index contributed by atoms with van der Waals surface area (Å²) >= 11 is 0. The molecule has 1 aromatic rings. The zero-order valence-corrected chi connectivity index (χ0v) is 18.8. The number of aryl methyl sites for hydroxylation is 2. The van der Waals surface area contributed by atoms with Crippen molar-refractivity contribution < 1.29 is 23.9 Å². The summed E-state index contributed by atoms with van der Waals surface area (Å²) in [5, 5.41) is 2.95. The third-order valence-electron chi connectivity index (χ3n) is 7.60. The minimum atomic E-state index is -0.862. The number of imide groups is 1. The molecule has 5 rings (SSSR count). The van der Waals surface area contributed by atoms with Gasteiger partial charge in [-0.25, -0.2) is 4.79 Å². The van der Waals surface area contributed by atoms with Gasteiger partial charge in [-0.3, -0.25) is 14.5 Å². The molecule has 2 spiro atoms. The van der Waals surface area contributed by atoms with Crippen molar-refractivity contribution in [3.63, 3.8) is 0 Å². The van der Waals surface area contributed by atoms with E-state index in [1.54, 1.807) is 0 Å². The Bertz CT molecular complexity index is 945. The van der Waals surface area contributed by atoms with E-state index in [1.165, 1.54) is 16.0 Å². The van der Waals surface area contributed by atoms with E-state index in [0.29, 0.717) is 58.4 Å². The molecule has 172 valence electrons. The van der Waals surface area contributed by atoms with E-state index in [-0.39, 0.29) is 30.3 Å². The van der Waals surface area contributed by atoms with Gasteiger partial charge in [0.1, 0.15) is 5.54 Å². The number of ether oxygens (including phenoxy) is 2. The second kappa shape index (κ2) is 7.85. The summed E-state index contributed by atoms with van der Waals surface area (Å²) in [6.07, 6.45) is 2.57. The Hall–Kier alpha value is -2.45. The van der Waals surface area contributed by atoms with Gasteiger partial charge in [0.15, 0.2) is 5.79 Å². The van der Waals surface area contributed by atoms with Crippen LogP contribution in [0.15, 0.2) is 18.2 Å². The highest BCUT2D eigenvalue weighted by Crippen LogP contribution is 2.43. The maximum Gasteiger partial charge on any atom is 0.325 e. The lowest BCUT2D eigenvalue weighted by molar-refractivity contribution is -0.186. The molecule has 1 aliphatic carbocycles. The Labute approximate surface area is 188 Å². The third kappa shape index (κ3) is 3.69. The van der Waals surface area contributed by atoms with Gasteiger partial charge >= 0.3 is 6.03 Å². The molecule has 4 aliphatic rings. The van der Waals surface area contributed by atoms with Crippen LogP contribution in [-0.4, -0.2) is 65.3 Å². The van der Waals surface area contributed by atoms with E-state index in [1.807, 2.05) is 4.90 Å². The van der Waals surface area contributed by atoms with Crippen LogP contribution >= 0.6 is 0 Å². The molecule has 0 bridgehead atoms. The van der Waals surface area contributed by atoms with E-state index in [4.69, 9.17) is 9.47 Å². The zero-order chi connectivity index (χ0) is 22.5. The Balaban J connectivity index is 1.21. The third-order valence-corrected chi connectivity index (χ3v) is 7.60. The highest BCUT2D eigenvalue weighted by atomic mass is 16.7. The number of urea groups is 1. The van der Waals surface area contributed by atoms with Crippen LogP contribution in [0.5, 0.6) is 0 Å². The molecule has 3 saturated heterocycles. The lowest BCUT2D eigenvalue weighted by Gasteiger charge is -2.39. The van der Waals surface area contributed by atoms with Crippen LogP contribution in [0.25, 0.3) is 0 Å². The largest absolute Gasteiger partial charge is 0.348 e. The Morgan fingerprint density at radius 1 is 1.03 bits per heavy atom. The molecule has 0 radical (unpaired) electrons. The molecule has 8 heteroatoms. The van der Waals surface area contributed by atoms with E-state index in [0.717, 1.165) is 5.56 Å². The van der Waals surface area contributed by atoms with E-state index >= 15 is 0 Å². The van der Waals surface area contributed by atoms with E-state index in [2.05, 4.69) is 37.4 Å². The van der Waals surface area contributed by atoms with Crippen LogP contribution in [0.4, 0.5) is 4.79 Å². The monoisotopic (exact) mass is 441 g/mol. The Morgan fingerprint density at radius 2 is 1.75 bits per heavy atom. The molecule has 1 aromatic carbocycles. The average Bonchev–Trinajstić information content (AvgIpc) is 3.42. The molecule has 0 aromatic heterocycles. The van der Waals surface area contributed by atoms with Gasteiger partial charge in [-0.15, -0.1) is 0 Å². The van der Waals surface area contributed by atoms with Crippen LogP contribution in [0.3, 0.4) is 0 Å². The number of nitrogens with zero attached hydrogens (tertiary/aromatic N) is 2. The maximum atomic E-state index is 13.3. The molecule has 4 amide bonds. The number of hydrogen-bond donors (Lipinski definition) is 1. The number of likely N-dealkylation sites (tertiary alicyclic amines) is 1. The summed E-state index contributed by atoms with van der Waals surface area (Å²) in [4.78, 5) is 41.8. The predicted octanol–water partition coefficient (Wildman–Crippen LogP) is 2.26. The number of benzene rings is 1. The lowest BCUT2D eigenvalue weighted by Crippen LogP contribution is -2.53. The first kappa shape index (κ1) is 21.4. The number of rotatable bonds is 4. The van der Waals surface area contributed by atoms with E-state index < -0.39 is 11.3 Å². The van der Waals surface area contributed by atoms with Crippen LogP contribution in [-0.2, 0) is 25.6 Å². The summed E-state index contributed by atoms with van der Waals surface area (Å²) in [7, 11) is 0. The van der Waals surface area contributed by atoms with Crippen molar-refractivity contribution in [2.45, 2.75) is 63.8 Å². The molecule has 1 unspecified atom stereocenters. The van der Waals surface area contributed by atoms with Crippen molar-refractivity contribution in [3.05, 3.63) is 34.9 Å². The van der Waals surface area contributed by atoms with Gasteiger partial charge in [-0.2, -0.15) is 0 Å². The maximum absolute atomic E-state index is 13.3. The van der Waals surface area contributed by atoms with Crippen molar-refractivity contribution in [2.75, 3.05) is 26.3 Å². The first-order chi connectivity index (χ1) is 15.3.